The van der Waals surface area contributed by atoms with Gasteiger partial charge in [0.2, 0.25) is 0 Å². The van der Waals surface area contributed by atoms with Crippen molar-refractivity contribution < 1.29 is 0 Å². The zero-order valence-corrected chi connectivity index (χ0v) is 5.86. The van der Waals surface area contributed by atoms with Gasteiger partial charge in [0.15, 0.2) is 0 Å². The van der Waals surface area contributed by atoms with Gasteiger partial charge in [-0.05, 0) is 12.5 Å². The summed E-state index contributed by atoms with van der Waals surface area (Å²) >= 11 is 3.73. The normalized spacial score (nSPS) is 7.00. The van der Waals surface area contributed by atoms with Gasteiger partial charge in [-0.2, -0.15) is 23.5 Å². The van der Waals surface area contributed by atoms with Crippen molar-refractivity contribution in [1.82, 2.24) is 6.15 Å². The first-order valence-electron chi connectivity index (χ1n) is 1.39. The van der Waals surface area contributed by atoms with Crippen LogP contribution >= 0.6 is 23.5 Å². The molecule has 0 aliphatic heterocycles. The van der Waals surface area contributed by atoms with Gasteiger partial charge in [0, 0.05) is 5.08 Å². The summed E-state index contributed by atoms with van der Waals surface area (Å²) in [5.74, 6) is 0. The summed E-state index contributed by atoms with van der Waals surface area (Å²) in [7, 11) is 0. The van der Waals surface area contributed by atoms with Crippen molar-refractivity contribution in [1.29, 1.82) is 0 Å². The van der Waals surface area contributed by atoms with E-state index in [9.17, 15) is 0 Å². The van der Waals surface area contributed by atoms with E-state index in [1.807, 2.05) is 23.5 Å². The molecule has 0 aliphatic carbocycles. The van der Waals surface area contributed by atoms with Gasteiger partial charge < -0.3 is 6.15 Å². The van der Waals surface area contributed by atoms with Crippen LogP contribution < -0.4 is 6.15 Å². The lowest BCUT2D eigenvalue weighted by Crippen LogP contribution is -1.56. The number of rotatable bonds is 2. The molecule has 0 rings (SSSR count). The lowest BCUT2D eigenvalue weighted by atomic mass is 11.9. The molecule has 0 saturated heterocycles. The Bertz CT molecular complexity index is 16.3. The van der Waals surface area contributed by atoms with Crippen molar-refractivity contribution in [3.05, 3.63) is 0 Å². The maximum Gasteiger partial charge on any atom is 0.0386 e. The second-order valence-electron chi connectivity index (χ2n) is 0.695. The third-order valence-corrected chi connectivity index (χ3v) is 2.12. The van der Waals surface area contributed by atoms with E-state index in [1.54, 1.807) is 0 Å². The molecule has 40 valence electrons. The Kier molecular flexibility index (Phi) is 15.0. The minimum atomic E-state index is 0. The maximum absolute atomic E-state index is 2.11. The highest BCUT2D eigenvalue weighted by molar-refractivity contribution is 8.15. The molecule has 0 spiro atoms. The van der Waals surface area contributed by atoms with Gasteiger partial charge in [-0.25, -0.2) is 0 Å². The van der Waals surface area contributed by atoms with Crippen LogP contribution in [0.5, 0.6) is 0 Å². The fourth-order valence-electron chi connectivity index (χ4n) is 0.118. The summed E-state index contributed by atoms with van der Waals surface area (Å²) in [5, 5.41) is 1.22. The molecule has 0 aromatic carbocycles. The number of hydrogen-bond acceptors (Lipinski definition) is 3. The van der Waals surface area contributed by atoms with E-state index < -0.39 is 0 Å². The summed E-state index contributed by atoms with van der Waals surface area (Å²) in [6.45, 7) is 0. The van der Waals surface area contributed by atoms with E-state index in [0.717, 1.165) is 0 Å². The number of thioether (sulfide) groups is 2. The van der Waals surface area contributed by atoms with Crippen molar-refractivity contribution in [2.24, 2.45) is 0 Å². The molecule has 0 aliphatic rings. The zero-order chi connectivity index (χ0) is 4.12. The topological polar surface area (TPSA) is 35.0 Å². The minimum absolute atomic E-state index is 0. The van der Waals surface area contributed by atoms with Gasteiger partial charge in [0.25, 0.3) is 0 Å². The van der Waals surface area contributed by atoms with Crippen molar-refractivity contribution in [3.63, 3.8) is 0 Å². The summed E-state index contributed by atoms with van der Waals surface area (Å²) in [6, 6.07) is 0. The Labute approximate surface area is 47.9 Å². The smallest absolute Gasteiger partial charge is 0.0386 e. The Morgan fingerprint density at radius 1 is 1.17 bits per heavy atom. The first-order valence-corrected chi connectivity index (χ1v) is 4.18. The molecule has 3 heteroatoms. The molecule has 0 atom stereocenters. The standard InChI is InChI=1S/C3H8S2.H3N/c1-4-3-5-2;/h3H2,1-2H3;1H3. The Morgan fingerprint density at radius 3 is 1.50 bits per heavy atom. The first-order chi connectivity index (χ1) is 2.41. The van der Waals surface area contributed by atoms with Gasteiger partial charge in [-0.3, -0.25) is 0 Å². The molecule has 6 heavy (non-hydrogen) atoms. The lowest BCUT2D eigenvalue weighted by Gasteiger charge is -1.80. The van der Waals surface area contributed by atoms with E-state index in [0.29, 0.717) is 0 Å². The summed E-state index contributed by atoms with van der Waals surface area (Å²) in [6.07, 6.45) is 4.22. The highest BCUT2D eigenvalue weighted by Crippen LogP contribution is 2.01. The monoisotopic (exact) mass is 125 g/mol. The van der Waals surface area contributed by atoms with E-state index in [-0.39, 0.29) is 6.15 Å². The molecule has 3 N–H and O–H groups in total. The molecule has 0 aromatic rings. The molecule has 0 heterocycles. The van der Waals surface area contributed by atoms with Crippen LogP contribution in [-0.2, 0) is 0 Å². The molecule has 0 amide bonds. The number of hydrogen-bond donors (Lipinski definition) is 1. The molecule has 0 aromatic heterocycles. The van der Waals surface area contributed by atoms with Crippen LogP contribution in [0.1, 0.15) is 0 Å². The van der Waals surface area contributed by atoms with Crippen molar-refractivity contribution in [3.8, 4) is 0 Å². The highest BCUT2D eigenvalue weighted by atomic mass is 32.2. The maximum atomic E-state index is 2.11. The first kappa shape index (κ1) is 9.83. The lowest BCUT2D eigenvalue weighted by molar-refractivity contribution is 2.13. The average molecular weight is 125 g/mol. The Hall–Kier alpha value is 0.660. The van der Waals surface area contributed by atoms with Gasteiger partial charge >= 0.3 is 0 Å². The van der Waals surface area contributed by atoms with Crippen LogP contribution in [0.2, 0.25) is 0 Å². The molecule has 0 saturated carbocycles. The second-order valence-corrected chi connectivity index (χ2v) is 2.79. The predicted octanol–water partition coefficient (Wildman–Crippen LogP) is 1.83. The third-order valence-electron chi connectivity index (χ3n) is 0.236. The van der Waals surface area contributed by atoms with Gasteiger partial charge in [0.1, 0.15) is 0 Å². The molecular formula is C3H11NS2. The second kappa shape index (κ2) is 9.18. The van der Waals surface area contributed by atoms with Gasteiger partial charge in [-0.15, -0.1) is 0 Å². The molecule has 0 fully saturated rings. The molecule has 0 unspecified atom stereocenters. The van der Waals surface area contributed by atoms with Crippen molar-refractivity contribution >= 4 is 23.5 Å². The highest BCUT2D eigenvalue weighted by Gasteiger charge is 1.67. The van der Waals surface area contributed by atoms with Crippen molar-refractivity contribution in [2.45, 2.75) is 0 Å². The van der Waals surface area contributed by atoms with E-state index >= 15 is 0 Å². The average Bonchev–Trinajstić information content (AvgIpc) is 1.41. The van der Waals surface area contributed by atoms with Gasteiger partial charge in [-0.1, -0.05) is 0 Å². The molecular weight excluding hydrogens is 114 g/mol. The quantitative estimate of drug-likeness (QED) is 0.572. The summed E-state index contributed by atoms with van der Waals surface area (Å²) in [5.41, 5.74) is 0. The summed E-state index contributed by atoms with van der Waals surface area (Å²) < 4.78 is 0. The van der Waals surface area contributed by atoms with Crippen LogP contribution in [0.25, 0.3) is 0 Å². The predicted molar refractivity (Wildman–Crippen MR) is 36.9 cm³/mol. The molecule has 0 radical (unpaired) electrons. The van der Waals surface area contributed by atoms with E-state index in [1.165, 1.54) is 5.08 Å². The fraction of sp³-hybridized carbons (Fsp3) is 1.00. The van der Waals surface area contributed by atoms with Crippen LogP contribution in [-0.4, -0.2) is 17.6 Å². The van der Waals surface area contributed by atoms with Crippen LogP contribution in [0, 0.1) is 0 Å². The zero-order valence-electron chi connectivity index (χ0n) is 4.23. The van der Waals surface area contributed by atoms with Crippen LogP contribution in [0.4, 0.5) is 0 Å². The largest absolute Gasteiger partial charge is 0.344 e. The molecule has 0 bridgehead atoms. The van der Waals surface area contributed by atoms with Crippen LogP contribution in [0.3, 0.4) is 0 Å². The SMILES string of the molecule is CSCSC.N. The summed E-state index contributed by atoms with van der Waals surface area (Å²) in [4.78, 5) is 0. The third kappa shape index (κ3) is 8.82. The minimum Gasteiger partial charge on any atom is -0.344 e. The van der Waals surface area contributed by atoms with Crippen molar-refractivity contribution in [2.75, 3.05) is 17.6 Å². The van der Waals surface area contributed by atoms with E-state index in [4.69, 9.17) is 0 Å². The van der Waals surface area contributed by atoms with Gasteiger partial charge in [0.05, 0.1) is 0 Å². The molecule has 1 nitrogen and oxygen atoms in total. The fourth-order valence-corrected chi connectivity index (χ4v) is 1.06. The Morgan fingerprint density at radius 2 is 1.50 bits per heavy atom. The Balaban J connectivity index is 0. The van der Waals surface area contributed by atoms with E-state index in [2.05, 4.69) is 12.5 Å². The van der Waals surface area contributed by atoms with Crippen LogP contribution in [0.15, 0.2) is 0 Å².